The average molecular weight is 151 g/mol. The van der Waals surface area contributed by atoms with Gasteiger partial charge in [-0.3, -0.25) is 7.05 Å². The van der Waals surface area contributed by atoms with Gasteiger partial charge in [-0.05, 0) is 0 Å². The van der Waals surface area contributed by atoms with E-state index in [0.717, 1.165) is 19.7 Å². The Morgan fingerprint density at radius 2 is 2.00 bits per heavy atom. The minimum absolute atomic E-state index is 0. The van der Waals surface area contributed by atoms with E-state index in [4.69, 9.17) is 4.74 Å². The zero-order valence-electron chi connectivity index (χ0n) is 5.89. The molecule has 3 heteroatoms. The molecular weight excluding hydrogens is 141 g/mol. The first-order valence-corrected chi connectivity index (χ1v) is 3.00. The van der Waals surface area contributed by atoms with Crippen LogP contribution >= 0.6 is 0 Å². The van der Waals surface area contributed by atoms with Gasteiger partial charge in [-0.25, -0.2) is 0 Å². The molecule has 0 aromatic rings. The Kier molecular flexibility index (Phi) is 2.78. The summed E-state index contributed by atoms with van der Waals surface area (Å²) in [5.74, 6) is 0. The first-order chi connectivity index (χ1) is 3.81. The van der Waals surface area contributed by atoms with Gasteiger partial charge in [0.25, 0.3) is 0 Å². The Morgan fingerprint density at radius 1 is 1.44 bits per heavy atom. The van der Waals surface area contributed by atoms with Crippen LogP contribution in [-0.2, 0) is 4.74 Å². The number of rotatable bonds is 0. The Hall–Kier alpha value is 1.56. The van der Waals surface area contributed by atoms with E-state index < -0.39 is 0 Å². The van der Waals surface area contributed by atoms with Crippen LogP contribution in [0.4, 0.5) is 0 Å². The van der Waals surface area contributed by atoms with E-state index in [1.165, 1.54) is 6.42 Å². The molecule has 0 bridgehead atoms. The largest absolute Gasteiger partial charge is 1.00 e. The van der Waals surface area contributed by atoms with Crippen molar-refractivity contribution in [3.63, 3.8) is 0 Å². The maximum Gasteiger partial charge on any atom is 1.00 e. The molecule has 0 N–H and O–H groups in total. The molecule has 0 atom stereocenters. The number of hydrogen-bond donors (Lipinski definition) is 0. The van der Waals surface area contributed by atoms with Crippen molar-refractivity contribution < 1.29 is 56.1 Å². The second-order valence-electron chi connectivity index (χ2n) is 2.77. The van der Waals surface area contributed by atoms with Gasteiger partial charge in [-0.15, -0.1) is 0 Å². The normalized spacial score (nSPS) is 30.3. The molecule has 1 spiro atoms. The molecule has 2 aliphatic heterocycles. The molecule has 0 saturated carbocycles. The van der Waals surface area contributed by atoms with Gasteiger partial charge in [0.1, 0.15) is 0 Å². The molecule has 2 heterocycles. The first-order valence-electron chi connectivity index (χ1n) is 3.00. The first kappa shape index (κ1) is 8.65. The van der Waals surface area contributed by atoms with E-state index in [0.29, 0.717) is 0 Å². The fraction of sp³-hybridized carbons (Fsp3) is 0.833. The van der Waals surface area contributed by atoms with Crippen molar-refractivity contribution in [1.29, 1.82) is 0 Å². The van der Waals surface area contributed by atoms with E-state index in [9.17, 15) is 0 Å². The summed E-state index contributed by atoms with van der Waals surface area (Å²) in [5, 5.41) is 0. The number of ether oxygens (including phenoxy) is 1. The molecule has 0 unspecified atom stereocenters. The predicted molar refractivity (Wildman–Crippen MR) is 30.2 cm³/mol. The molecule has 2 saturated heterocycles. The molecule has 0 amide bonds. The average Bonchev–Trinajstić information content (AvgIpc) is 1.51. The summed E-state index contributed by atoms with van der Waals surface area (Å²) in [6.45, 7) is 3.06. The third-order valence-electron chi connectivity index (χ3n) is 1.99. The third kappa shape index (κ3) is 1.43. The molecule has 9 heavy (non-hydrogen) atoms. The number of likely N-dealkylation sites (tertiary alicyclic amines) is 1. The molecule has 0 aliphatic carbocycles. The van der Waals surface area contributed by atoms with Crippen molar-refractivity contribution in [1.82, 2.24) is 4.90 Å². The summed E-state index contributed by atoms with van der Waals surface area (Å²) in [6.07, 6.45) is 1.25. The summed E-state index contributed by atoms with van der Waals surface area (Å²) in [7, 11) is 3.77. The zero-order chi connectivity index (χ0) is 5.61. The Labute approximate surface area is 98.3 Å². The molecule has 2 rings (SSSR count). The minimum Gasteiger partial charge on any atom is -0.454 e. The molecule has 2 aliphatic rings. The van der Waals surface area contributed by atoms with E-state index in [1.54, 1.807) is 0 Å². The minimum atomic E-state index is 0. The topological polar surface area (TPSA) is 12.5 Å². The molecule has 2 fully saturated rings. The molecule has 0 radical (unpaired) electrons. The van der Waals surface area contributed by atoms with Gasteiger partial charge in [-0.2, -0.15) is 0 Å². The molecule has 46 valence electrons. The number of nitrogens with zero attached hydrogens (tertiary/aromatic N) is 1. The van der Waals surface area contributed by atoms with Crippen molar-refractivity contribution >= 4 is 0 Å². The van der Waals surface area contributed by atoms with Crippen molar-refractivity contribution in [2.24, 2.45) is 0 Å². The van der Waals surface area contributed by atoms with Crippen LogP contribution in [0.1, 0.15) is 6.42 Å². The van der Waals surface area contributed by atoms with Gasteiger partial charge in [0.2, 0.25) is 0 Å². The van der Waals surface area contributed by atoms with Crippen LogP contribution in [-0.4, -0.2) is 30.2 Å². The number of hydrogen-bond acceptors (Lipinski definition) is 2. The zero-order valence-corrected chi connectivity index (χ0v) is 9.01. The van der Waals surface area contributed by atoms with Gasteiger partial charge >= 0.3 is 51.4 Å². The standard InChI is InChI=1S/C6H10NO.K/c1-7-4-6(5-7)2-3-8-6;/h1-5H2;/q-1;+1. The molecule has 2 nitrogen and oxygen atoms in total. The third-order valence-corrected chi connectivity index (χ3v) is 1.99. The van der Waals surface area contributed by atoms with E-state index in [2.05, 4.69) is 7.05 Å². The van der Waals surface area contributed by atoms with E-state index in [1.807, 2.05) is 4.90 Å². The molecule has 0 aromatic heterocycles. The van der Waals surface area contributed by atoms with Crippen LogP contribution in [0.5, 0.6) is 0 Å². The Bertz CT molecular complexity index is 106. The summed E-state index contributed by atoms with van der Waals surface area (Å²) in [5.41, 5.74) is 0.280. The predicted octanol–water partition coefficient (Wildman–Crippen LogP) is -2.74. The monoisotopic (exact) mass is 151 g/mol. The van der Waals surface area contributed by atoms with Gasteiger partial charge in [0.15, 0.2) is 0 Å². The van der Waals surface area contributed by atoms with E-state index >= 15 is 0 Å². The van der Waals surface area contributed by atoms with Crippen LogP contribution in [0, 0.1) is 7.05 Å². The maximum atomic E-state index is 5.34. The maximum absolute atomic E-state index is 5.34. The van der Waals surface area contributed by atoms with Crippen LogP contribution in [0.25, 0.3) is 0 Å². The van der Waals surface area contributed by atoms with Crippen molar-refractivity contribution in [3.05, 3.63) is 7.05 Å². The second kappa shape index (κ2) is 2.89. The van der Waals surface area contributed by atoms with Crippen molar-refractivity contribution in [2.75, 3.05) is 19.7 Å². The van der Waals surface area contributed by atoms with Crippen molar-refractivity contribution in [2.45, 2.75) is 12.0 Å². The fourth-order valence-electron chi connectivity index (χ4n) is 1.41. The van der Waals surface area contributed by atoms with E-state index in [-0.39, 0.29) is 57.0 Å². The summed E-state index contributed by atoms with van der Waals surface area (Å²) >= 11 is 0. The Balaban J connectivity index is 0.000000405. The van der Waals surface area contributed by atoms with Gasteiger partial charge < -0.3 is 9.64 Å². The van der Waals surface area contributed by atoms with Gasteiger partial charge in [-0.1, -0.05) is 0 Å². The SMILES string of the molecule is [CH2-]N1CC2(CCO2)C1.[K+]. The summed E-state index contributed by atoms with van der Waals surface area (Å²) < 4.78 is 5.34. The van der Waals surface area contributed by atoms with Crippen LogP contribution < -0.4 is 51.4 Å². The van der Waals surface area contributed by atoms with Crippen LogP contribution in [0.3, 0.4) is 0 Å². The van der Waals surface area contributed by atoms with Crippen LogP contribution in [0.2, 0.25) is 0 Å². The van der Waals surface area contributed by atoms with Crippen molar-refractivity contribution in [3.8, 4) is 0 Å². The smallest absolute Gasteiger partial charge is 0.454 e. The van der Waals surface area contributed by atoms with Gasteiger partial charge in [0, 0.05) is 19.5 Å². The Morgan fingerprint density at radius 3 is 2.11 bits per heavy atom. The summed E-state index contributed by atoms with van der Waals surface area (Å²) in [6, 6.07) is 0. The fourth-order valence-corrected chi connectivity index (χ4v) is 1.41. The van der Waals surface area contributed by atoms with Crippen LogP contribution in [0.15, 0.2) is 0 Å². The summed E-state index contributed by atoms with van der Waals surface area (Å²) in [4.78, 5) is 2.04. The molecular formula is C6H10KNO. The second-order valence-corrected chi connectivity index (χ2v) is 2.77. The molecule has 0 aromatic carbocycles. The quantitative estimate of drug-likeness (QED) is 0.275. The van der Waals surface area contributed by atoms with Gasteiger partial charge in [0.05, 0.1) is 12.2 Å².